The Morgan fingerprint density at radius 3 is 1.97 bits per heavy atom. The fraction of sp³-hybridized carbons (Fsp3) is 0.560. The third kappa shape index (κ3) is 3.59. The van der Waals surface area contributed by atoms with E-state index in [2.05, 4.69) is 12.2 Å². The van der Waals surface area contributed by atoms with Crippen LogP contribution in [0.15, 0.2) is 42.5 Å². The van der Waals surface area contributed by atoms with Crippen LogP contribution in [0.25, 0.3) is 0 Å². The van der Waals surface area contributed by atoms with Gasteiger partial charge in [0.1, 0.15) is 6.04 Å². The molecular weight excluding hydrogens is 376 g/mol. The van der Waals surface area contributed by atoms with Crippen molar-refractivity contribution in [2.24, 2.45) is 23.7 Å². The number of carbonyl (C=O) groups is 3. The summed E-state index contributed by atoms with van der Waals surface area (Å²) in [7, 11) is 0. The van der Waals surface area contributed by atoms with Gasteiger partial charge in [0.25, 0.3) is 0 Å². The van der Waals surface area contributed by atoms with E-state index >= 15 is 0 Å². The quantitative estimate of drug-likeness (QED) is 0.489. The summed E-state index contributed by atoms with van der Waals surface area (Å²) >= 11 is 0. The minimum Gasteiger partial charge on any atom is -0.341 e. The van der Waals surface area contributed by atoms with Gasteiger partial charge in [-0.05, 0) is 43.1 Å². The largest absolute Gasteiger partial charge is 0.341 e. The number of hydrogen-bond donors (Lipinski definition) is 0. The zero-order valence-corrected chi connectivity index (χ0v) is 18.0. The second kappa shape index (κ2) is 8.75. The molecule has 0 N–H and O–H groups in total. The van der Waals surface area contributed by atoms with Crippen LogP contribution in [0.1, 0.15) is 45.1 Å². The average molecular weight is 409 g/mol. The molecule has 160 valence electrons. The van der Waals surface area contributed by atoms with E-state index in [1.165, 1.54) is 4.90 Å². The van der Waals surface area contributed by atoms with E-state index < -0.39 is 6.04 Å². The highest BCUT2D eigenvalue weighted by molar-refractivity contribution is 6.09. The van der Waals surface area contributed by atoms with E-state index in [9.17, 15) is 14.4 Å². The summed E-state index contributed by atoms with van der Waals surface area (Å²) < 4.78 is 0. The molecule has 1 aliphatic heterocycles. The van der Waals surface area contributed by atoms with Crippen LogP contribution in [0.4, 0.5) is 0 Å². The van der Waals surface area contributed by atoms with Crippen LogP contribution in [-0.4, -0.2) is 46.7 Å². The number of hydrogen-bond acceptors (Lipinski definition) is 3. The number of likely N-dealkylation sites (tertiary alicyclic amines) is 1. The Kier molecular flexibility index (Phi) is 6.07. The second-order valence-electron chi connectivity index (χ2n) is 8.92. The number of nitrogens with zero attached hydrogens (tertiary/aromatic N) is 2. The number of amides is 3. The van der Waals surface area contributed by atoms with E-state index in [1.807, 2.05) is 49.1 Å². The molecular formula is C25H32N2O3. The maximum Gasteiger partial charge on any atom is 0.246 e. The van der Waals surface area contributed by atoms with Crippen LogP contribution in [0.5, 0.6) is 0 Å². The summed E-state index contributed by atoms with van der Waals surface area (Å²) in [4.78, 5) is 43.9. The van der Waals surface area contributed by atoms with Crippen LogP contribution in [0, 0.1) is 23.7 Å². The molecule has 2 bridgehead atoms. The van der Waals surface area contributed by atoms with Crippen LogP contribution >= 0.6 is 0 Å². The molecule has 3 amide bonds. The van der Waals surface area contributed by atoms with Crippen molar-refractivity contribution in [2.45, 2.75) is 52.0 Å². The molecule has 4 aliphatic rings. The fourth-order valence-corrected chi connectivity index (χ4v) is 5.61. The molecule has 30 heavy (non-hydrogen) atoms. The Bertz CT molecular complexity index is 796. The lowest BCUT2D eigenvalue weighted by molar-refractivity contribution is -0.151. The summed E-state index contributed by atoms with van der Waals surface area (Å²) in [6.07, 6.45) is 8.25. The van der Waals surface area contributed by atoms with Gasteiger partial charge in [0.15, 0.2) is 0 Å². The number of benzene rings is 1. The molecule has 5 nitrogen and oxygen atoms in total. The van der Waals surface area contributed by atoms with Crippen LogP contribution < -0.4 is 0 Å². The molecule has 5 atom stereocenters. The molecule has 0 aromatic heterocycles. The molecule has 0 unspecified atom stereocenters. The Balaban J connectivity index is 1.67. The first kappa shape index (κ1) is 20.8. The molecule has 5 heteroatoms. The molecule has 5 rings (SSSR count). The molecule has 3 aliphatic carbocycles. The Morgan fingerprint density at radius 2 is 1.50 bits per heavy atom. The molecule has 1 aromatic rings. The topological polar surface area (TPSA) is 57.7 Å². The number of carbonyl (C=O) groups excluding carboxylic acids is 3. The first-order valence-corrected chi connectivity index (χ1v) is 11.4. The maximum atomic E-state index is 13.7. The molecule has 0 spiro atoms. The first-order chi connectivity index (χ1) is 14.6. The summed E-state index contributed by atoms with van der Waals surface area (Å²) in [6, 6.07) is 8.98. The van der Waals surface area contributed by atoms with Gasteiger partial charge in [-0.25, -0.2) is 0 Å². The minimum atomic E-state index is -0.754. The van der Waals surface area contributed by atoms with Crippen molar-refractivity contribution in [1.29, 1.82) is 0 Å². The number of rotatable bonds is 8. The lowest BCUT2D eigenvalue weighted by atomic mass is 9.63. The number of fused-ring (bicyclic) bond motifs is 1. The Morgan fingerprint density at radius 1 is 0.967 bits per heavy atom. The van der Waals surface area contributed by atoms with Gasteiger partial charge >= 0.3 is 0 Å². The number of imide groups is 1. The van der Waals surface area contributed by atoms with Crippen LogP contribution in [0.3, 0.4) is 0 Å². The van der Waals surface area contributed by atoms with Crippen LogP contribution in [0.2, 0.25) is 0 Å². The van der Waals surface area contributed by atoms with Crippen molar-refractivity contribution in [3.05, 3.63) is 48.0 Å². The van der Waals surface area contributed by atoms with Gasteiger partial charge in [-0.15, -0.1) is 0 Å². The predicted octanol–water partition coefficient (Wildman–Crippen LogP) is 3.44. The highest BCUT2D eigenvalue weighted by atomic mass is 16.2. The van der Waals surface area contributed by atoms with Gasteiger partial charge in [-0.1, -0.05) is 56.3 Å². The number of allylic oxidation sites excluding steroid dienone is 2. The lowest BCUT2D eigenvalue weighted by Crippen LogP contribution is -2.53. The summed E-state index contributed by atoms with van der Waals surface area (Å²) in [5.41, 5.74) is 0.973. The Labute approximate surface area is 179 Å². The van der Waals surface area contributed by atoms with Gasteiger partial charge in [0.2, 0.25) is 17.7 Å². The van der Waals surface area contributed by atoms with Gasteiger partial charge < -0.3 is 4.90 Å². The molecule has 1 aromatic carbocycles. The third-order valence-electron chi connectivity index (χ3n) is 6.96. The van der Waals surface area contributed by atoms with Gasteiger partial charge in [-0.3, -0.25) is 19.3 Å². The van der Waals surface area contributed by atoms with Crippen molar-refractivity contribution in [1.82, 2.24) is 9.80 Å². The normalized spacial score (nSPS) is 28.0. The molecule has 2 fully saturated rings. The SMILES string of the molecule is CCCN(CCC)C(=O)[C@H](Cc1ccccc1)N1C(=O)[C@@H]2[C@H](C1=O)[C@H]1C=C[C@H]2CC1. The van der Waals surface area contributed by atoms with Crippen molar-refractivity contribution in [3.63, 3.8) is 0 Å². The summed E-state index contributed by atoms with van der Waals surface area (Å²) in [6.45, 7) is 5.39. The van der Waals surface area contributed by atoms with E-state index in [0.717, 1.165) is 31.2 Å². The van der Waals surface area contributed by atoms with Crippen molar-refractivity contribution >= 4 is 17.7 Å². The fourth-order valence-electron chi connectivity index (χ4n) is 5.61. The third-order valence-corrected chi connectivity index (χ3v) is 6.96. The molecule has 0 radical (unpaired) electrons. The standard InChI is InChI=1S/C25H32N2O3/c1-3-14-26(15-4-2)23(28)20(16-17-8-6-5-7-9-17)27-24(29)21-18-10-11-19(13-12-18)22(21)25(27)30/h5-11,18-22H,3-4,12-16H2,1-2H3/t18-,19-,20-,21-,22+/m0/s1. The highest BCUT2D eigenvalue weighted by Crippen LogP contribution is 2.50. The van der Waals surface area contributed by atoms with E-state index in [4.69, 9.17) is 0 Å². The van der Waals surface area contributed by atoms with E-state index in [-0.39, 0.29) is 41.4 Å². The molecule has 1 saturated carbocycles. The Hall–Kier alpha value is -2.43. The lowest BCUT2D eigenvalue weighted by Gasteiger charge is -2.38. The summed E-state index contributed by atoms with van der Waals surface area (Å²) in [5, 5.41) is 0. The summed E-state index contributed by atoms with van der Waals surface area (Å²) in [5.74, 6) is -0.648. The highest BCUT2D eigenvalue weighted by Gasteiger charge is 2.58. The molecule has 1 heterocycles. The predicted molar refractivity (Wildman–Crippen MR) is 115 cm³/mol. The van der Waals surface area contributed by atoms with E-state index in [0.29, 0.717) is 19.5 Å². The smallest absolute Gasteiger partial charge is 0.246 e. The maximum absolute atomic E-state index is 13.7. The average Bonchev–Trinajstić information content (AvgIpc) is 3.05. The second-order valence-corrected chi connectivity index (χ2v) is 8.92. The monoisotopic (exact) mass is 408 g/mol. The van der Waals surface area contributed by atoms with Crippen molar-refractivity contribution in [2.75, 3.05) is 13.1 Å². The molecule has 1 saturated heterocycles. The van der Waals surface area contributed by atoms with Crippen LogP contribution in [-0.2, 0) is 20.8 Å². The minimum absolute atomic E-state index is 0.0943. The zero-order chi connectivity index (χ0) is 21.3. The van der Waals surface area contributed by atoms with E-state index in [1.54, 1.807) is 0 Å². The van der Waals surface area contributed by atoms with Crippen molar-refractivity contribution < 1.29 is 14.4 Å². The van der Waals surface area contributed by atoms with Gasteiger partial charge in [0, 0.05) is 19.5 Å². The van der Waals surface area contributed by atoms with Crippen molar-refractivity contribution in [3.8, 4) is 0 Å². The van der Waals surface area contributed by atoms with Gasteiger partial charge in [0.05, 0.1) is 11.8 Å². The van der Waals surface area contributed by atoms with Gasteiger partial charge in [-0.2, -0.15) is 0 Å². The zero-order valence-electron chi connectivity index (χ0n) is 18.0. The first-order valence-electron chi connectivity index (χ1n) is 11.4.